The Kier molecular flexibility index (Phi) is 5.61. The van der Waals surface area contributed by atoms with Crippen LogP contribution in [0.5, 0.6) is 0 Å². The van der Waals surface area contributed by atoms with Crippen LogP contribution in [0.3, 0.4) is 0 Å². The third-order valence-electron chi connectivity index (χ3n) is 1.79. The Bertz CT molecular complexity index is 359. The van der Waals surface area contributed by atoms with E-state index in [0.717, 1.165) is 5.49 Å². The average Bonchev–Trinajstić information content (AvgIpc) is 2.19. The van der Waals surface area contributed by atoms with Crippen molar-refractivity contribution in [3.05, 3.63) is 35.5 Å². The molecule has 78 valence electrons. The molecule has 1 heterocycles. The Morgan fingerprint density at radius 2 is 1.93 bits per heavy atom. The van der Waals surface area contributed by atoms with Crippen molar-refractivity contribution in [2.75, 3.05) is 7.05 Å². The highest BCUT2D eigenvalue weighted by Crippen LogP contribution is 1.97. The minimum atomic E-state index is 0.968. The van der Waals surface area contributed by atoms with Crippen molar-refractivity contribution in [1.82, 2.24) is 4.57 Å². The zero-order chi connectivity index (χ0) is 11.1. The molecule has 1 aromatic rings. The Balaban J connectivity index is 0.000000791. The first-order chi connectivity index (χ1) is 6.69. The van der Waals surface area contributed by atoms with Crippen molar-refractivity contribution in [2.24, 2.45) is 4.99 Å². The van der Waals surface area contributed by atoms with Gasteiger partial charge in [0, 0.05) is 19.4 Å². The lowest BCUT2D eigenvalue weighted by atomic mass is 10.2. The quantitative estimate of drug-likeness (QED) is 0.651. The number of hydrogen-bond donors (Lipinski definition) is 0. The van der Waals surface area contributed by atoms with E-state index in [2.05, 4.69) is 31.5 Å². The van der Waals surface area contributed by atoms with E-state index in [-0.39, 0.29) is 0 Å². The zero-order valence-corrected chi connectivity index (χ0v) is 9.83. The van der Waals surface area contributed by atoms with E-state index >= 15 is 0 Å². The summed E-state index contributed by atoms with van der Waals surface area (Å²) in [6.07, 6.45) is 3.78. The van der Waals surface area contributed by atoms with E-state index in [0.29, 0.717) is 0 Å². The molecule has 0 radical (unpaired) electrons. The molecule has 2 heteroatoms. The molecule has 0 aliphatic rings. The molecule has 0 spiro atoms. The summed E-state index contributed by atoms with van der Waals surface area (Å²) in [6, 6.07) is 2.11. The van der Waals surface area contributed by atoms with Crippen molar-refractivity contribution in [2.45, 2.75) is 27.7 Å². The molecule has 1 aromatic heterocycles. The van der Waals surface area contributed by atoms with Crippen LogP contribution in [-0.2, 0) is 0 Å². The summed E-state index contributed by atoms with van der Waals surface area (Å²) in [5.41, 5.74) is 3.37. The maximum atomic E-state index is 4.17. The van der Waals surface area contributed by atoms with Gasteiger partial charge in [0.15, 0.2) is 0 Å². The summed E-state index contributed by atoms with van der Waals surface area (Å²) in [4.78, 5) is 4.17. The largest absolute Gasteiger partial charge is 0.309 e. The number of aryl methyl sites for hydroxylation is 2. The number of pyridine rings is 1. The van der Waals surface area contributed by atoms with E-state index in [1.807, 2.05) is 24.6 Å². The predicted molar refractivity (Wildman–Crippen MR) is 63.1 cm³/mol. The lowest BCUT2D eigenvalue weighted by Crippen LogP contribution is -2.19. The highest BCUT2D eigenvalue weighted by molar-refractivity contribution is 5.25. The smallest absolute Gasteiger partial charge is 0.134 e. The van der Waals surface area contributed by atoms with Gasteiger partial charge in [0.1, 0.15) is 5.49 Å². The van der Waals surface area contributed by atoms with Gasteiger partial charge in [-0.2, -0.15) is 0 Å². The highest BCUT2D eigenvalue weighted by atomic mass is 15.0. The maximum absolute atomic E-state index is 4.17. The van der Waals surface area contributed by atoms with Crippen LogP contribution in [0, 0.1) is 13.8 Å². The van der Waals surface area contributed by atoms with Crippen LogP contribution >= 0.6 is 0 Å². The van der Waals surface area contributed by atoms with Gasteiger partial charge in [-0.15, -0.1) is 0 Å². The highest BCUT2D eigenvalue weighted by Gasteiger charge is 1.94. The van der Waals surface area contributed by atoms with E-state index in [1.165, 1.54) is 11.1 Å². The van der Waals surface area contributed by atoms with Crippen LogP contribution in [0.25, 0.3) is 6.20 Å². The Labute approximate surface area is 86.6 Å². The second-order valence-corrected chi connectivity index (χ2v) is 2.84. The molecule has 0 amide bonds. The van der Waals surface area contributed by atoms with Gasteiger partial charge in [-0.05, 0) is 25.0 Å². The normalized spacial score (nSPS) is 10.5. The topological polar surface area (TPSA) is 17.3 Å². The zero-order valence-electron chi connectivity index (χ0n) is 9.83. The van der Waals surface area contributed by atoms with Gasteiger partial charge in [0.2, 0.25) is 0 Å². The second kappa shape index (κ2) is 6.19. The average molecular weight is 192 g/mol. The van der Waals surface area contributed by atoms with Gasteiger partial charge >= 0.3 is 0 Å². The minimum Gasteiger partial charge on any atom is -0.309 e. The molecule has 0 saturated carbocycles. The summed E-state index contributed by atoms with van der Waals surface area (Å²) < 4.78 is 1.94. The number of nitrogens with zero attached hydrogens (tertiary/aromatic N) is 2. The van der Waals surface area contributed by atoms with Crippen LogP contribution < -0.4 is 5.49 Å². The van der Waals surface area contributed by atoms with E-state index < -0.39 is 0 Å². The lowest BCUT2D eigenvalue weighted by molar-refractivity contribution is 0.955. The first kappa shape index (κ1) is 12.7. The van der Waals surface area contributed by atoms with Gasteiger partial charge in [0.05, 0.1) is 0 Å². The summed E-state index contributed by atoms with van der Waals surface area (Å²) >= 11 is 0. The third-order valence-corrected chi connectivity index (χ3v) is 1.79. The number of rotatable bonds is 1. The van der Waals surface area contributed by atoms with Gasteiger partial charge in [0.25, 0.3) is 0 Å². The number of hydrogen-bond acceptors (Lipinski definition) is 1. The molecule has 0 bridgehead atoms. The molecule has 0 aromatic carbocycles. The van der Waals surface area contributed by atoms with Gasteiger partial charge in [-0.25, -0.2) is 0 Å². The fourth-order valence-corrected chi connectivity index (χ4v) is 1.36. The first-order valence-electron chi connectivity index (χ1n) is 4.94. The SMILES string of the molecule is C=Cn1cc(C)cc(C)c1=NC.CC. The van der Waals surface area contributed by atoms with Crippen molar-refractivity contribution >= 4 is 6.20 Å². The van der Waals surface area contributed by atoms with Crippen molar-refractivity contribution in [3.8, 4) is 0 Å². The Hall–Kier alpha value is -1.31. The van der Waals surface area contributed by atoms with Crippen molar-refractivity contribution in [3.63, 3.8) is 0 Å². The molecule has 0 atom stereocenters. The van der Waals surface area contributed by atoms with E-state index in [4.69, 9.17) is 0 Å². The molecule has 0 aliphatic carbocycles. The van der Waals surface area contributed by atoms with Crippen LogP contribution in [0.1, 0.15) is 25.0 Å². The standard InChI is InChI=1S/C10H14N2.C2H6/c1-5-12-7-8(2)6-9(3)10(12)11-4;1-2/h5-7H,1H2,2-4H3;1-2H3. The fraction of sp³-hybridized carbons (Fsp3) is 0.417. The molecule has 0 aliphatic heterocycles. The molecule has 0 fully saturated rings. The first-order valence-corrected chi connectivity index (χ1v) is 4.94. The van der Waals surface area contributed by atoms with E-state index in [9.17, 15) is 0 Å². The molecule has 2 nitrogen and oxygen atoms in total. The molecule has 0 saturated heterocycles. The van der Waals surface area contributed by atoms with E-state index in [1.54, 1.807) is 13.2 Å². The van der Waals surface area contributed by atoms with Crippen molar-refractivity contribution < 1.29 is 0 Å². The summed E-state index contributed by atoms with van der Waals surface area (Å²) in [7, 11) is 1.79. The third kappa shape index (κ3) is 2.87. The Morgan fingerprint density at radius 1 is 1.36 bits per heavy atom. The lowest BCUT2D eigenvalue weighted by Gasteiger charge is -2.04. The van der Waals surface area contributed by atoms with Crippen molar-refractivity contribution in [1.29, 1.82) is 0 Å². The molecule has 0 unspecified atom stereocenters. The summed E-state index contributed by atoms with van der Waals surface area (Å²) in [5.74, 6) is 0. The van der Waals surface area contributed by atoms with Gasteiger partial charge in [-0.3, -0.25) is 4.99 Å². The molecule has 0 N–H and O–H groups in total. The summed E-state index contributed by atoms with van der Waals surface area (Å²) in [5, 5.41) is 0. The van der Waals surface area contributed by atoms with Crippen LogP contribution in [0.4, 0.5) is 0 Å². The second-order valence-electron chi connectivity index (χ2n) is 2.84. The number of aromatic nitrogens is 1. The predicted octanol–water partition coefficient (Wildman–Crippen LogP) is 2.76. The molecule has 1 rings (SSSR count). The van der Waals surface area contributed by atoms with Crippen LogP contribution in [0.2, 0.25) is 0 Å². The monoisotopic (exact) mass is 192 g/mol. The summed E-state index contributed by atoms with van der Waals surface area (Å²) in [6.45, 7) is 11.8. The van der Waals surface area contributed by atoms with Crippen LogP contribution in [-0.4, -0.2) is 11.6 Å². The van der Waals surface area contributed by atoms with Gasteiger partial charge < -0.3 is 4.57 Å². The molecule has 14 heavy (non-hydrogen) atoms. The van der Waals surface area contributed by atoms with Gasteiger partial charge in [-0.1, -0.05) is 26.5 Å². The van der Waals surface area contributed by atoms with Crippen LogP contribution in [0.15, 0.2) is 23.8 Å². The minimum absolute atomic E-state index is 0.968. The molecular formula is C12H20N2. The maximum Gasteiger partial charge on any atom is 0.134 e. The molecular weight excluding hydrogens is 172 g/mol. The Morgan fingerprint density at radius 3 is 2.36 bits per heavy atom. The fourth-order valence-electron chi connectivity index (χ4n) is 1.36.